The number of benzene rings is 1. The topological polar surface area (TPSA) is 85.5 Å². The molecule has 0 bridgehead atoms. The molecule has 1 N–H and O–H groups in total. The second kappa shape index (κ2) is 6.21. The van der Waals surface area contributed by atoms with Gasteiger partial charge in [-0.05, 0) is 31.4 Å². The van der Waals surface area contributed by atoms with Gasteiger partial charge >= 0.3 is 11.9 Å². The number of fused-ring (bicyclic) bond motifs is 1. The number of pyridine rings is 1. The van der Waals surface area contributed by atoms with Crippen molar-refractivity contribution in [1.29, 1.82) is 0 Å². The first-order valence-corrected chi connectivity index (χ1v) is 6.58. The molecule has 1 heterocycles. The smallest absolute Gasteiger partial charge is 0.343 e. The molecular formula is C15H15NO5. The number of hydrogen-bond acceptors (Lipinski definition) is 5. The van der Waals surface area contributed by atoms with Crippen LogP contribution in [0.5, 0.6) is 0 Å². The fourth-order valence-corrected chi connectivity index (χ4v) is 1.97. The van der Waals surface area contributed by atoms with Crippen molar-refractivity contribution in [3.63, 3.8) is 0 Å². The van der Waals surface area contributed by atoms with Gasteiger partial charge in [0.15, 0.2) is 0 Å². The lowest BCUT2D eigenvalue weighted by atomic mass is 10.1. The summed E-state index contributed by atoms with van der Waals surface area (Å²) < 4.78 is 9.76. The number of H-pyrrole nitrogens is 1. The molecule has 0 saturated carbocycles. The minimum Gasteiger partial charge on any atom is -0.462 e. The number of ether oxygens (including phenoxy) is 2. The maximum Gasteiger partial charge on any atom is 0.343 e. The van der Waals surface area contributed by atoms with Crippen LogP contribution >= 0.6 is 0 Å². The van der Waals surface area contributed by atoms with E-state index in [0.29, 0.717) is 10.9 Å². The standard InChI is InChI=1S/C15H15NO5/c1-3-20-14(18)10-7-5-6-9-8-11(15(19)21-4-2)13(17)16-12(9)10/h5-8H,3-4H2,1-2H3,(H,16,17). The lowest BCUT2D eigenvalue weighted by molar-refractivity contribution is 0.0518. The van der Waals surface area contributed by atoms with Crippen LogP contribution < -0.4 is 5.56 Å². The number of carbonyl (C=O) groups is 2. The lowest BCUT2D eigenvalue weighted by Gasteiger charge is -2.07. The van der Waals surface area contributed by atoms with Gasteiger partial charge in [-0.1, -0.05) is 12.1 Å². The van der Waals surface area contributed by atoms with Crippen LogP contribution in [-0.2, 0) is 9.47 Å². The molecule has 0 amide bonds. The zero-order valence-electron chi connectivity index (χ0n) is 11.8. The number of aromatic nitrogens is 1. The van der Waals surface area contributed by atoms with Gasteiger partial charge in [0.2, 0.25) is 0 Å². The van der Waals surface area contributed by atoms with Crippen LogP contribution in [0, 0.1) is 0 Å². The molecule has 0 atom stereocenters. The second-order valence-corrected chi connectivity index (χ2v) is 4.22. The molecule has 21 heavy (non-hydrogen) atoms. The van der Waals surface area contributed by atoms with Gasteiger partial charge in [-0.3, -0.25) is 4.79 Å². The highest BCUT2D eigenvalue weighted by Crippen LogP contribution is 2.17. The molecule has 2 rings (SSSR count). The van der Waals surface area contributed by atoms with E-state index >= 15 is 0 Å². The van der Waals surface area contributed by atoms with E-state index in [9.17, 15) is 14.4 Å². The number of esters is 2. The summed E-state index contributed by atoms with van der Waals surface area (Å²) >= 11 is 0. The van der Waals surface area contributed by atoms with Gasteiger partial charge in [0.1, 0.15) is 5.56 Å². The van der Waals surface area contributed by atoms with E-state index in [-0.39, 0.29) is 24.3 Å². The molecular weight excluding hydrogens is 274 g/mol. The van der Waals surface area contributed by atoms with Crippen molar-refractivity contribution in [3.8, 4) is 0 Å². The van der Waals surface area contributed by atoms with Gasteiger partial charge in [0, 0.05) is 0 Å². The average molecular weight is 289 g/mol. The van der Waals surface area contributed by atoms with Gasteiger partial charge in [-0.2, -0.15) is 0 Å². The van der Waals surface area contributed by atoms with Crippen molar-refractivity contribution in [1.82, 2.24) is 4.98 Å². The van der Waals surface area contributed by atoms with E-state index in [2.05, 4.69) is 4.98 Å². The highest BCUT2D eigenvalue weighted by atomic mass is 16.5. The quantitative estimate of drug-likeness (QED) is 0.869. The summed E-state index contributed by atoms with van der Waals surface area (Å²) in [5.41, 5.74) is -0.0982. The first-order valence-electron chi connectivity index (χ1n) is 6.58. The fourth-order valence-electron chi connectivity index (χ4n) is 1.97. The summed E-state index contributed by atoms with van der Waals surface area (Å²) in [5, 5.41) is 0.559. The van der Waals surface area contributed by atoms with Gasteiger partial charge in [-0.25, -0.2) is 9.59 Å². The number of rotatable bonds is 4. The normalized spacial score (nSPS) is 10.4. The van der Waals surface area contributed by atoms with E-state index in [4.69, 9.17) is 9.47 Å². The first-order chi connectivity index (χ1) is 10.1. The molecule has 1 aromatic heterocycles. The van der Waals surface area contributed by atoms with Crippen LogP contribution in [0.2, 0.25) is 0 Å². The lowest BCUT2D eigenvalue weighted by Crippen LogP contribution is -2.20. The van der Waals surface area contributed by atoms with Crippen LogP contribution in [0.1, 0.15) is 34.6 Å². The molecule has 2 aromatic rings. The highest BCUT2D eigenvalue weighted by molar-refractivity contribution is 6.04. The summed E-state index contributed by atoms with van der Waals surface area (Å²) in [7, 11) is 0. The first kappa shape index (κ1) is 14.8. The van der Waals surface area contributed by atoms with Crippen molar-refractivity contribution in [2.45, 2.75) is 13.8 Å². The molecule has 0 radical (unpaired) electrons. The SMILES string of the molecule is CCOC(=O)c1cc2cccc(C(=O)OCC)c2[nH]c1=O. The Kier molecular flexibility index (Phi) is 4.37. The Balaban J connectivity index is 2.59. The van der Waals surface area contributed by atoms with Crippen LogP contribution in [-0.4, -0.2) is 30.1 Å². The van der Waals surface area contributed by atoms with E-state index in [1.54, 1.807) is 32.0 Å². The largest absolute Gasteiger partial charge is 0.462 e. The third-order valence-corrected chi connectivity index (χ3v) is 2.87. The summed E-state index contributed by atoms with van der Waals surface area (Å²) in [6, 6.07) is 6.31. The fraction of sp³-hybridized carbons (Fsp3) is 0.267. The molecule has 0 aliphatic carbocycles. The predicted octanol–water partition coefficient (Wildman–Crippen LogP) is 1.88. The van der Waals surface area contributed by atoms with Crippen LogP contribution in [0.15, 0.2) is 29.1 Å². The molecule has 6 nitrogen and oxygen atoms in total. The number of para-hydroxylation sites is 1. The Morgan fingerprint density at radius 1 is 1.05 bits per heavy atom. The van der Waals surface area contributed by atoms with Crippen molar-refractivity contribution in [2.75, 3.05) is 13.2 Å². The minimum atomic E-state index is -0.692. The zero-order chi connectivity index (χ0) is 15.4. The van der Waals surface area contributed by atoms with Gasteiger partial charge in [0.05, 0.1) is 24.3 Å². The van der Waals surface area contributed by atoms with Crippen LogP contribution in [0.25, 0.3) is 10.9 Å². The van der Waals surface area contributed by atoms with Gasteiger partial charge in [0.25, 0.3) is 5.56 Å². The Labute approximate surface area is 120 Å². The third-order valence-electron chi connectivity index (χ3n) is 2.87. The Bertz CT molecular complexity index is 747. The van der Waals surface area contributed by atoms with E-state index in [1.807, 2.05) is 0 Å². The maximum absolute atomic E-state index is 12.0. The predicted molar refractivity (Wildman–Crippen MR) is 76.5 cm³/mol. The van der Waals surface area contributed by atoms with E-state index < -0.39 is 17.5 Å². The van der Waals surface area contributed by atoms with E-state index in [0.717, 1.165) is 0 Å². The summed E-state index contributed by atoms with van der Waals surface area (Å²) in [5.74, 6) is -1.22. The zero-order valence-corrected chi connectivity index (χ0v) is 11.8. The molecule has 0 aliphatic rings. The summed E-state index contributed by atoms with van der Waals surface area (Å²) in [6.45, 7) is 3.77. The van der Waals surface area contributed by atoms with Crippen molar-refractivity contribution < 1.29 is 19.1 Å². The Morgan fingerprint density at radius 3 is 2.29 bits per heavy atom. The molecule has 0 saturated heterocycles. The van der Waals surface area contributed by atoms with Crippen LogP contribution in [0.3, 0.4) is 0 Å². The molecule has 0 fully saturated rings. The van der Waals surface area contributed by atoms with Gasteiger partial charge < -0.3 is 14.5 Å². The van der Waals surface area contributed by atoms with Crippen molar-refractivity contribution >= 4 is 22.8 Å². The van der Waals surface area contributed by atoms with Crippen molar-refractivity contribution in [3.05, 3.63) is 45.7 Å². The molecule has 0 unspecified atom stereocenters. The maximum atomic E-state index is 12.0. The molecule has 0 spiro atoms. The van der Waals surface area contributed by atoms with Crippen molar-refractivity contribution in [2.24, 2.45) is 0 Å². The highest BCUT2D eigenvalue weighted by Gasteiger charge is 2.16. The molecule has 110 valence electrons. The van der Waals surface area contributed by atoms with Crippen LogP contribution in [0.4, 0.5) is 0 Å². The monoisotopic (exact) mass is 289 g/mol. The summed E-state index contributed by atoms with van der Waals surface area (Å²) in [6.07, 6.45) is 0. The number of nitrogens with one attached hydrogen (secondary N) is 1. The Morgan fingerprint density at radius 2 is 1.67 bits per heavy atom. The summed E-state index contributed by atoms with van der Waals surface area (Å²) in [4.78, 5) is 38.1. The number of hydrogen-bond donors (Lipinski definition) is 1. The average Bonchev–Trinajstić information content (AvgIpc) is 2.46. The number of carbonyl (C=O) groups excluding carboxylic acids is 2. The Hall–Kier alpha value is -2.63. The molecule has 0 aliphatic heterocycles. The third kappa shape index (κ3) is 2.94. The molecule has 1 aromatic carbocycles. The van der Waals surface area contributed by atoms with E-state index in [1.165, 1.54) is 6.07 Å². The number of aromatic amines is 1. The minimum absolute atomic E-state index is 0.0923. The molecule has 6 heteroatoms. The second-order valence-electron chi connectivity index (χ2n) is 4.22. The van der Waals surface area contributed by atoms with Gasteiger partial charge in [-0.15, -0.1) is 0 Å².